The molecule has 0 aromatic carbocycles. The van der Waals surface area contributed by atoms with E-state index in [2.05, 4.69) is 67.5 Å². The molecule has 0 spiro atoms. The molecule has 0 saturated heterocycles. The normalized spacial score (nSPS) is 18.6. The Bertz CT molecular complexity index is 602. The number of hydrogen-bond donors (Lipinski definition) is 0. The van der Waals surface area contributed by atoms with E-state index in [1.807, 2.05) is 13.1 Å². The van der Waals surface area contributed by atoms with E-state index in [-0.39, 0.29) is 0 Å². The van der Waals surface area contributed by atoms with Crippen molar-refractivity contribution < 1.29 is 23.2 Å². The van der Waals surface area contributed by atoms with Crippen LogP contribution >= 0.6 is 22.2 Å². The second-order valence-electron chi connectivity index (χ2n) is 9.97. The first-order valence-electron chi connectivity index (χ1n) is 9.45. The maximum absolute atomic E-state index is 5.43. The van der Waals surface area contributed by atoms with Gasteiger partial charge >= 0.3 is 143 Å². The van der Waals surface area contributed by atoms with Crippen LogP contribution in [0.25, 0.3) is 0 Å². The predicted molar refractivity (Wildman–Crippen MR) is 119 cm³/mol. The molecular formula is C22H36Cl2SiZr. The van der Waals surface area contributed by atoms with Gasteiger partial charge in [0.05, 0.1) is 0 Å². The van der Waals surface area contributed by atoms with Crippen LogP contribution in [0.5, 0.6) is 0 Å². The summed E-state index contributed by atoms with van der Waals surface area (Å²) in [5.41, 5.74) is 7.09. The van der Waals surface area contributed by atoms with E-state index >= 15 is 0 Å². The molecule has 0 bridgehead atoms. The summed E-state index contributed by atoms with van der Waals surface area (Å²) in [6.45, 7) is 20.8. The van der Waals surface area contributed by atoms with Gasteiger partial charge in [-0.1, -0.05) is 0 Å². The SMILES string of the molecule is CC1=[C]([Zr][C]2=C(C)C=C(C(C)(C)C)C2)CC(C(C)(C)C)=C1.C[Si](C)(Cl)Cl. The van der Waals surface area contributed by atoms with Gasteiger partial charge in [-0.3, -0.25) is 0 Å². The summed E-state index contributed by atoms with van der Waals surface area (Å²) in [5.74, 6) is 0. The van der Waals surface area contributed by atoms with Gasteiger partial charge in [-0.05, 0) is 13.1 Å². The van der Waals surface area contributed by atoms with E-state index in [0.29, 0.717) is 10.8 Å². The molecule has 26 heavy (non-hydrogen) atoms. The summed E-state index contributed by atoms with van der Waals surface area (Å²) in [5, 5.41) is 0. The average Bonchev–Trinajstić information content (AvgIpc) is 2.92. The van der Waals surface area contributed by atoms with Crippen LogP contribution in [0.3, 0.4) is 0 Å². The molecule has 0 aromatic rings. The standard InChI is InChI=1S/2C10H15.C2H6Cl2Si.Zr/c2*1-8-5-6-9(7-8)10(2,3)4;1-5(2,3)4;/h2*7H,6H2,1-4H3;1-2H3;. The van der Waals surface area contributed by atoms with Crippen molar-refractivity contribution in [2.45, 2.75) is 81.3 Å². The van der Waals surface area contributed by atoms with Gasteiger partial charge in [0.25, 0.3) is 0 Å². The molecule has 0 radical (unpaired) electrons. The smallest absolute Gasteiger partial charge is 0.146 e. The second kappa shape index (κ2) is 8.98. The maximum atomic E-state index is 5.43. The second-order valence-corrected chi connectivity index (χ2v) is 22.5. The van der Waals surface area contributed by atoms with Crippen molar-refractivity contribution in [3.05, 3.63) is 41.0 Å². The molecule has 146 valence electrons. The molecule has 0 nitrogen and oxygen atoms in total. The van der Waals surface area contributed by atoms with E-state index in [1.54, 1.807) is 28.9 Å². The molecule has 2 aliphatic carbocycles. The molecular weight excluding hydrogens is 454 g/mol. The molecule has 0 amide bonds. The minimum Gasteiger partial charge on any atom is -0.146 e. The first-order valence-corrected chi connectivity index (χ1v) is 16.9. The Morgan fingerprint density at radius 1 is 0.769 bits per heavy atom. The van der Waals surface area contributed by atoms with Gasteiger partial charge < -0.3 is 0 Å². The molecule has 0 heterocycles. The third-order valence-corrected chi connectivity index (χ3v) is 8.99. The molecule has 4 heteroatoms. The summed E-state index contributed by atoms with van der Waals surface area (Å²) in [4.78, 5) is 0. The van der Waals surface area contributed by atoms with Gasteiger partial charge in [-0.15, -0.1) is 22.2 Å². The van der Waals surface area contributed by atoms with E-state index in [0.717, 1.165) is 0 Å². The number of rotatable bonds is 2. The van der Waals surface area contributed by atoms with Crippen molar-refractivity contribution in [3.63, 3.8) is 0 Å². The molecule has 0 saturated carbocycles. The summed E-state index contributed by atoms with van der Waals surface area (Å²) < 4.78 is 3.61. The van der Waals surface area contributed by atoms with Gasteiger partial charge in [0, 0.05) is 0 Å². The van der Waals surface area contributed by atoms with Crippen LogP contribution in [-0.2, 0) is 23.2 Å². The molecule has 0 fully saturated rings. The van der Waals surface area contributed by atoms with Crippen LogP contribution in [0.1, 0.15) is 68.2 Å². The first-order chi connectivity index (χ1) is 11.5. The number of allylic oxidation sites excluding steroid dienone is 8. The van der Waals surface area contributed by atoms with Gasteiger partial charge in [-0.25, -0.2) is 0 Å². The van der Waals surface area contributed by atoms with Crippen LogP contribution in [0.2, 0.25) is 13.1 Å². The minimum atomic E-state index is -1.67. The van der Waals surface area contributed by atoms with Crippen LogP contribution in [0.15, 0.2) is 41.0 Å². The number of halogens is 2. The molecule has 2 rings (SSSR count). The van der Waals surface area contributed by atoms with E-state index in [1.165, 1.54) is 12.8 Å². The largest absolute Gasteiger partial charge is 0.245 e. The predicted octanol–water partition coefficient (Wildman–Crippen LogP) is 8.54. The Balaban J connectivity index is 0.000000597. The molecule has 0 aliphatic heterocycles. The van der Waals surface area contributed by atoms with Gasteiger partial charge in [-0.2, -0.15) is 0 Å². The van der Waals surface area contributed by atoms with Gasteiger partial charge in [0.2, 0.25) is 6.69 Å². The summed E-state index contributed by atoms with van der Waals surface area (Å²) in [7, 11) is 0. The van der Waals surface area contributed by atoms with Crippen molar-refractivity contribution >= 4 is 28.9 Å². The fourth-order valence-electron chi connectivity index (χ4n) is 2.89. The molecule has 0 atom stereocenters. The zero-order valence-electron chi connectivity index (χ0n) is 18.3. The van der Waals surface area contributed by atoms with Crippen molar-refractivity contribution in [1.29, 1.82) is 0 Å². The van der Waals surface area contributed by atoms with Crippen LogP contribution in [0.4, 0.5) is 0 Å². The zero-order valence-corrected chi connectivity index (χ0v) is 23.3. The van der Waals surface area contributed by atoms with Crippen molar-refractivity contribution in [1.82, 2.24) is 0 Å². The molecule has 2 aliphatic rings. The number of hydrogen-bond acceptors (Lipinski definition) is 0. The Kier molecular flexibility index (Phi) is 8.52. The Labute approximate surface area is 184 Å². The zero-order chi connectivity index (χ0) is 20.5. The molecule has 0 unspecified atom stereocenters. The molecule has 0 N–H and O–H groups in total. The first kappa shape index (κ1) is 24.7. The Morgan fingerprint density at radius 3 is 1.23 bits per heavy atom. The van der Waals surface area contributed by atoms with E-state index in [9.17, 15) is 0 Å². The van der Waals surface area contributed by atoms with Crippen LogP contribution in [0, 0.1) is 10.8 Å². The Morgan fingerprint density at radius 2 is 1.04 bits per heavy atom. The summed E-state index contributed by atoms with van der Waals surface area (Å²) >= 11 is 10.3. The van der Waals surface area contributed by atoms with Gasteiger partial charge in [0.15, 0.2) is 0 Å². The fourth-order valence-corrected chi connectivity index (χ4v) is 6.48. The quantitative estimate of drug-likeness (QED) is 0.269. The topological polar surface area (TPSA) is 0 Å². The Hall–Kier alpha value is 0.640. The van der Waals surface area contributed by atoms with Crippen molar-refractivity contribution in [2.24, 2.45) is 10.8 Å². The molecule has 0 aromatic heterocycles. The third kappa shape index (κ3) is 8.34. The average molecular weight is 491 g/mol. The van der Waals surface area contributed by atoms with E-state index in [4.69, 9.17) is 22.2 Å². The van der Waals surface area contributed by atoms with Crippen molar-refractivity contribution in [3.8, 4) is 0 Å². The van der Waals surface area contributed by atoms with Gasteiger partial charge in [0.1, 0.15) is 0 Å². The van der Waals surface area contributed by atoms with Crippen LogP contribution in [-0.4, -0.2) is 6.69 Å². The third-order valence-electron chi connectivity index (χ3n) is 4.70. The minimum absolute atomic E-state index is 0.330. The fraction of sp³-hybridized carbons (Fsp3) is 0.636. The van der Waals surface area contributed by atoms with Crippen LogP contribution < -0.4 is 0 Å². The monoisotopic (exact) mass is 488 g/mol. The summed E-state index contributed by atoms with van der Waals surface area (Å²) in [6.07, 6.45) is 7.45. The summed E-state index contributed by atoms with van der Waals surface area (Å²) in [6, 6.07) is 0. The van der Waals surface area contributed by atoms with Crippen molar-refractivity contribution in [2.75, 3.05) is 0 Å². The van der Waals surface area contributed by atoms with E-state index < -0.39 is 29.9 Å². The maximum Gasteiger partial charge on any atom is 0.245 e.